The van der Waals surface area contributed by atoms with E-state index in [4.69, 9.17) is 0 Å². The summed E-state index contributed by atoms with van der Waals surface area (Å²) < 4.78 is 23.0. The molecule has 0 amide bonds. The van der Waals surface area contributed by atoms with E-state index in [9.17, 15) is 8.42 Å². The molecule has 0 spiro atoms. The van der Waals surface area contributed by atoms with Crippen LogP contribution in [-0.2, 0) is 9.84 Å². The number of rotatable bonds is 5. The molecule has 1 N–H and O–H groups in total. The minimum Gasteiger partial charge on any atom is -0.364 e. The highest BCUT2D eigenvalue weighted by Gasteiger charge is 2.17. The number of benzene rings is 1. The first kappa shape index (κ1) is 14.9. The third-order valence-corrected chi connectivity index (χ3v) is 4.54. The van der Waals surface area contributed by atoms with Crippen LogP contribution in [0.25, 0.3) is 0 Å². The van der Waals surface area contributed by atoms with E-state index in [2.05, 4.69) is 24.9 Å². The Morgan fingerprint density at radius 1 is 1.10 bits per heavy atom. The second kappa shape index (κ2) is 5.83. The molecule has 1 aromatic carbocycles. The van der Waals surface area contributed by atoms with Gasteiger partial charge in [0.05, 0.1) is 4.90 Å². The van der Waals surface area contributed by atoms with Crippen molar-refractivity contribution in [2.75, 3.05) is 6.26 Å². The van der Waals surface area contributed by atoms with Crippen molar-refractivity contribution in [3.63, 3.8) is 0 Å². The van der Waals surface area contributed by atoms with Crippen LogP contribution in [0.5, 0.6) is 0 Å². The Balaban J connectivity index is 2.35. The average molecular weight is 291 g/mol. The Bertz CT molecular complexity index is 640. The Morgan fingerprint density at radius 3 is 2.20 bits per heavy atom. The van der Waals surface area contributed by atoms with E-state index in [0.29, 0.717) is 10.8 Å². The van der Waals surface area contributed by atoms with Crippen molar-refractivity contribution < 1.29 is 8.42 Å². The Labute approximate surface area is 121 Å². The Hall–Kier alpha value is -1.55. The fraction of sp³-hybridized carbons (Fsp3) is 0.375. The molecule has 2 rings (SSSR count). The zero-order valence-electron chi connectivity index (χ0n) is 12.1. The van der Waals surface area contributed by atoms with Gasteiger partial charge in [-0.05, 0) is 42.2 Å². The van der Waals surface area contributed by atoms with Crippen molar-refractivity contribution in [1.82, 2.24) is 4.98 Å². The highest BCUT2D eigenvalue weighted by Crippen LogP contribution is 2.30. The molecule has 1 aromatic heterocycles. The van der Waals surface area contributed by atoms with E-state index in [0.717, 1.165) is 12.0 Å². The van der Waals surface area contributed by atoms with Crippen LogP contribution >= 0.6 is 0 Å². The molecule has 4 heteroatoms. The summed E-state index contributed by atoms with van der Waals surface area (Å²) >= 11 is 0. The summed E-state index contributed by atoms with van der Waals surface area (Å²) in [7, 11) is -3.13. The summed E-state index contributed by atoms with van der Waals surface area (Å²) in [6, 6.07) is 11.3. The summed E-state index contributed by atoms with van der Waals surface area (Å²) in [6.45, 7) is 4.39. The van der Waals surface area contributed by atoms with Crippen LogP contribution in [0.15, 0.2) is 47.5 Å². The fourth-order valence-electron chi connectivity index (χ4n) is 2.42. The van der Waals surface area contributed by atoms with Crippen LogP contribution < -0.4 is 0 Å². The second-order valence-electron chi connectivity index (χ2n) is 5.65. The predicted octanol–water partition coefficient (Wildman–Crippen LogP) is 3.60. The van der Waals surface area contributed by atoms with E-state index in [-0.39, 0.29) is 5.92 Å². The van der Waals surface area contributed by atoms with Crippen molar-refractivity contribution in [2.24, 2.45) is 5.92 Å². The maximum absolute atomic E-state index is 11.5. The molecule has 3 nitrogen and oxygen atoms in total. The maximum Gasteiger partial charge on any atom is 0.175 e. The lowest BCUT2D eigenvalue weighted by atomic mass is 9.88. The van der Waals surface area contributed by atoms with Gasteiger partial charge < -0.3 is 4.98 Å². The number of H-pyrrole nitrogens is 1. The van der Waals surface area contributed by atoms with Gasteiger partial charge >= 0.3 is 0 Å². The summed E-state index contributed by atoms with van der Waals surface area (Å²) in [5.41, 5.74) is 2.32. The first-order valence-corrected chi connectivity index (χ1v) is 8.70. The van der Waals surface area contributed by atoms with Gasteiger partial charge in [0.25, 0.3) is 0 Å². The summed E-state index contributed by atoms with van der Waals surface area (Å²) in [4.78, 5) is 3.64. The maximum atomic E-state index is 11.5. The number of aromatic amines is 1. The van der Waals surface area contributed by atoms with Crippen LogP contribution in [0.1, 0.15) is 37.4 Å². The third-order valence-electron chi connectivity index (χ3n) is 3.42. The number of aromatic nitrogens is 1. The van der Waals surface area contributed by atoms with Crippen LogP contribution in [0.4, 0.5) is 0 Å². The van der Waals surface area contributed by atoms with Gasteiger partial charge in [0, 0.05) is 24.1 Å². The van der Waals surface area contributed by atoms with Crippen molar-refractivity contribution in [1.29, 1.82) is 0 Å². The fourth-order valence-corrected chi connectivity index (χ4v) is 3.05. The zero-order valence-corrected chi connectivity index (χ0v) is 12.9. The minimum absolute atomic E-state index is 0.276. The second-order valence-corrected chi connectivity index (χ2v) is 7.66. The molecule has 1 heterocycles. The molecule has 0 aliphatic heterocycles. The molecule has 0 saturated heterocycles. The van der Waals surface area contributed by atoms with Crippen LogP contribution in [0.2, 0.25) is 0 Å². The molecule has 0 bridgehead atoms. The molecule has 1 atom stereocenters. The molecule has 108 valence electrons. The molecule has 20 heavy (non-hydrogen) atoms. The van der Waals surface area contributed by atoms with Crippen molar-refractivity contribution in [3.8, 4) is 0 Å². The lowest BCUT2D eigenvalue weighted by Gasteiger charge is -2.19. The molecule has 0 fully saturated rings. The third kappa shape index (κ3) is 3.51. The number of hydrogen-bond donors (Lipinski definition) is 1. The average Bonchev–Trinajstić information content (AvgIpc) is 2.88. The van der Waals surface area contributed by atoms with Crippen LogP contribution in [-0.4, -0.2) is 19.7 Å². The van der Waals surface area contributed by atoms with E-state index in [1.807, 2.05) is 24.4 Å². The molecular weight excluding hydrogens is 270 g/mol. The monoisotopic (exact) mass is 291 g/mol. The van der Waals surface area contributed by atoms with E-state index >= 15 is 0 Å². The molecule has 2 aromatic rings. The molecule has 0 radical (unpaired) electrons. The summed E-state index contributed by atoms with van der Waals surface area (Å²) in [5.74, 6) is 0.844. The number of sulfone groups is 1. The lowest BCUT2D eigenvalue weighted by molar-refractivity contribution is 0.535. The zero-order chi connectivity index (χ0) is 14.8. The van der Waals surface area contributed by atoms with Gasteiger partial charge in [0.1, 0.15) is 0 Å². The van der Waals surface area contributed by atoms with E-state index in [1.54, 1.807) is 12.1 Å². The van der Waals surface area contributed by atoms with Crippen molar-refractivity contribution in [3.05, 3.63) is 53.9 Å². The molecular formula is C16H21NO2S. The molecule has 0 aliphatic carbocycles. The number of nitrogens with one attached hydrogen (secondary N) is 1. The van der Waals surface area contributed by atoms with Crippen molar-refractivity contribution in [2.45, 2.75) is 31.1 Å². The van der Waals surface area contributed by atoms with Gasteiger partial charge in [-0.2, -0.15) is 0 Å². The highest BCUT2D eigenvalue weighted by molar-refractivity contribution is 7.90. The van der Waals surface area contributed by atoms with Gasteiger partial charge in [-0.15, -0.1) is 0 Å². The SMILES string of the molecule is CC(C)CC(c1ccc(S(C)(=O)=O)cc1)c1ccc[nH]1. The topological polar surface area (TPSA) is 49.9 Å². The van der Waals surface area contributed by atoms with Gasteiger partial charge in [-0.25, -0.2) is 8.42 Å². The standard InChI is InChI=1S/C16H21NO2S/c1-12(2)11-15(16-5-4-10-17-16)13-6-8-14(9-7-13)20(3,18)19/h4-10,12,15,17H,11H2,1-3H3. The Morgan fingerprint density at radius 2 is 1.75 bits per heavy atom. The van der Waals surface area contributed by atoms with Gasteiger partial charge in [0.15, 0.2) is 9.84 Å². The van der Waals surface area contributed by atoms with E-state index < -0.39 is 9.84 Å². The molecule has 0 aliphatic rings. The predicted molar refractivity (Wildman–Crippen MR) is 81.6 cm³/mol. The minimum atomic E-state index is -3.13. The lowest BCUT2D eigenvalue weighted by Crippen LogP contribution is -2.06. The first-order valence-electron chi connectivity index (χ1n) is 6.81. The molecule has 0 saturated carbocycles. The van der Waals surface area contributed by atoms with Crippen LogP contribution in [0, 0.1) is 5.92 Å². The highest BCUT2D eigenvalue weighted by atomic mass is 32.2. The van der Waals surface area contributed by atoms with Crippen molar-refractivity contribution >= 4 is 9.84 Å². The number of hydrogen-bond acceptors (Lipinski definition) is 2. The summed E-state index contributed by atoms with van der Waals surface area (Å²) in [6.07, 6.45) is 4.19. The van der Waals surface area contributed by atoms with Crippen LogP contribution in [0.3, 0.4) is 0 Å². The molecule has 1 unspecified atom stereocenters. The Kier molecular flexibility index (Phi) is 4.33. The quantitative estimate of drug-likeness (QED) is 0.915. The largest absolute Gasteiger partial charge is 0.364 e. The summed E-state index contributed by atoms with van der Waals surface area (Å²) in [5, 5.41) is 0. The first-order chi connectivity index (χ1) is 9.38. The van der Waals surface area contributed by atoms with Gasteiger partial charge in [0.2, 0.25) is 0 Å². The normalized spacial score (nSPS) is 13.6. The van der Waals surface area contributed by atoms with Gasteiger partial charge in [-0.3, -0.25) is 0 Å². The van der Waals surface area contributed by atoms with Gasteiger partial charge in [-0.1, -0.05) is 26.0 Å². The smallest absolute Gasteiger partial charge is 0.175 e. The van der Waals surface area contributed by atoms with E-state index in [1.165, 1.54) is 11.9 Å².